The van der Waals surface area contributed by atoms with E-state index in [1.54, 1.807) is 0 Å². The van der Waals surface area contributed by atoms with E-state index < -0.39 is 24.1 Å². The molecule has 0 aromatic rings. The van der Waals surface area contributed by atoms with Gasteiger partial charge in [-0.1, -0.05) is 13.7 Å². The molecule has 0 amide bonds. The van der Waals surface area contributed by atoms with E-state index in [4.69, 9.17) is 17.2 Å². The van der Waals surface area contributed by atoms with Crippen molar-refractivity contribution >= 4 is 24.1 Å². The zero-order valence-electron chi connectivity index (χ0n) is 14.7. The van der Waals surface area contributed by atoms with Crippen LogP contribution in [0.3, 0.4) is 0 Å². The van der Waals surface area contributed by atoms with Gasteiger partial charge in [-0.15, -0.1) is 19.6 Å². The maximum absolute atomic E-state index is 9.71. The summed E-state index contributed by atoms with van der Waals surface area (Å²) in [6, 6.07) is 0. The second-order valence-electron chi connectivity index (χ2n) is 3.48. The number of nitrogens with one attached hydrogen (secondary N) is 3. The molecule has 0 bridgehead atoms. The van der Waals surface area contributed by atoms with Crippen LogP contribution in [0.25, 0.3) is 17.2 Å². The van der Waals surface area contributed by atoms with Crippen LogP contribution in [0.5, 0.6) is 0 Å². The van der Waals surface area contributed by atoms with Crippen LogP contribution in [0.15, 0.2) is 0 Å². The Bertz CT molecular complexity index is 254. The summed E-state index contributed by atoms with van der Waals surface area (Å²) in [7, 11) is -6.68. The summed E-state index contributed by atoms with van der Waals surface area (Å²) < 4.78 is 29.1. The SMILES string of the molecule is [K+].[K+].[K+].[NH-]CCC[P+](=O)[O-].[NH-]CCC[P+](=O)[O-].[NH-]CCC[P+](=O)[O-]. The predicted octanol–water partition coefficient (Wildman–Crippen LogP) is -7.39. The van der Waals surface area contributed by atoms with Crippen LogP contribution in [-0.4, -0.2) is 38.1 Å². The van der Waals surface area contributed by atoms with Gasteiger partial charge in [-0.05, 0) is 19.3 Å². The van der Waals surface area contributed by atoms with Crippen molar-refractivity contribution < 1.29 is 183 Å². The van der Waals surface area contributed by atoms with Gasteiger partial charge in [0.1, 0.15) is 18.5 Å². The minimum absolute atomic E-state index is 0. The van der Waals surface area contributed by atoms with E-state index in [1.165, 1.54) is 0 Å². The molecule has 0 aromatic heterocycles. The molecule has 15 heteroatoms. The van der Waals surface area contributed by atoms with Crippen LogP contribution in [0.2, 0.25) is 0 Å². The van der Waals surface area contributed by atoms with Crippen LogP contribution in [0, 0.1) is 0 Å². The molecule has 0 saturated carbocycles. The molecule has 24 heavy (non-hydrogen) atoms. The topological polar surface area (TPSA) is 192 Å². The summed E-state index contributed by atoms with van der Waals surface area (Å²) in [5.74, 6) is 0. The van der Waals surface area contributed by atoms with Gasteiger partial charge in [0.25, 0.3) is 0 Å². The molecule has 0 aromatic carbocycles. The molecule has 0 fully saturated rings. The Morgan fingerprint density at radius 3 is 0.750 bits per heavy atom. The number of hydrogen-bond acceptors (Lipinski definition) is 6. The summed E-state index contributed by atoms with van der Waals surface area (Å²) >= 11 is 0. The van der Waals surface area contributed by atoms with Gasteiger partial charge in [-0.2, -0.15) is 0 Å². The third-order valence-electron chi connectivity index (χ3n) is 1.55. The van der Waals surface area contributed by atoms with Gasteiger partial charge in [0.2, 0.25) is 0 Å². The molecule has 0 rings (SSSR count). The van der Waals surface area contributed by atoms with Gasteiger partial charge < -0.3 is 31.9 Å². The minimum atomic E-state index is -2.23. The third kappa shape index (κ3) is 63.2. The minimum Gasteiger partial charge on any atom is -0.677 e. The number of hydrogen-bond donors (Lipinski definition) is 0. The molecule has 0 spiro atoms. The Morgan fingerprint density at radius 1 is 0.542 bits per heavy atom. The summed E-state index contributed by atoms with van der Waals surface area (Å²) in [5, 5.41) is 0. The zero-order valence-corrected chi connectivity index (χ0v) is 26.7. The summed E-state index contributed by atoms with van der Waals surface area (Å²) in [6.45, 7) is 0.635. The van der Waals surface area contributed by atoms with Gasteiger partial charge in [-0.3, -0.25) is 0 Å². The number of rotatable bonds is 9. The van der Waals surface area contributed by atoms with E-state index >= 15 is 0 Å². The van der Waals surface area contributed by atoms with Gasteiger partial charge >= 0.3 is 178 Å². The Hall–Kier alpha value is 4.97. The summed E-state index contributed by atoms with van der Waals surface area (Å²) in [5.41, 5.74) is 19.6. The Morgan fingerprint density at radius 2 is 0.708 bits per heavy atom. The van der Waals surface area contributed by atoms with Crippen LogP contribution >= 0.6 is 24.1 Å². The fourth-order valence-corrected chi connectivity index (χ4v) is 1.87. The second-order valence-corrected chi connectivity index (χ2v) is 6.82. The molecule has 3 atom stereocenters. The van der Waals surface area contributed by atoms with Crippen molar-refractivity contribution in [3.05, 3.63) is 17.2 Å². The fraction of sp³-hybridized carbons (Fsp3) is 1.00. The quantitative estimate of drug-likeness (QED) is 0.234. The Kier molecular flexibility index (Phi) is 69.0. The maximum Gasteiger partial charge on any atom is 1.00 e. The third-order valence-corrected chi connectivity index (χ3v) is 3.60. The molecule has 0 aliphatic carbocycles. The van der Waals surface area contributed by atoms with E-state index in [0.29, 0.717) is 19.3 Å². The van der Waals surface area contributed by atoms with E-state index in [2.05, 4.69) is 0 Å². The first-order chi connectivity index (χ1) is 9.81. The van der Waals surface area contributed by atoms with Crippen LogP contribution in [0.1, 0.15) is 19.3 Å². The zero-order chi connectivity index (χ0) is 17.1. The normalized spacial score (nSPS) is 10.0. The molecule has 0 aliphatic rings. The molecule has 3 unspecified atom stereocenters. The average Bonchev–Trinajstić information content (AvgIpc) is 2.41. The van der Waals surface area contributed by atoms with Crippen LogP contribution in [-0.2, 0) is 13.7 Å². The molecule has 0 aliphatic heterocycles. The molecule has 0 saturated heterocycles. The van der Waals surface area contributed by atoms with Gasteiger partial charge in [-0.25, -0.2) is 0 Å². The standard InChI is InChI=1S/3C3H7NO2P.3K/c3*4-2-1-3-7(5)6;;;/h3*4H,1-3H2;;;/q3*-1;3*+1. The summed E-state index contributed by atoms with van der Waals surface area (Å²) in [4.78, 5) is 29.1. The van der Waals surface area contributed by atoms with Crippen molar-refractivity contribution in [1.29, 1.82) is 0 Å². The molecular weight excluding hydrogens is 456 g/mol. The molecule has 9 nitrogen and oxygen atoms in total. The van der Waals surface area contributed by atoms with Crippen molar-refractivity contribution in [3.8, 4) is 0 Å². The van der Waals surface area contributed by atoms with Crippen molar-refractivity contribution in [2.75, 3.05) is 38.1 Å². The van der Waals surface area contributed by atoms with Crippen LogP contribution in [0.4, 0.5) is 0 Å². The molecule has 0 heterocycles. The maximum atomic E-state index is 9.71. The fourth-order valence-electron chi connectivity index (χ4n) is 0.624. The first kappa shape index (κ1) is 43.0. The molecule has 3 N–H and O–H groups in total. The van der Waals surface area contributed by atoms with Crippen molar-refractivity contribution in [2.45, 2.75) is 19.3 Å². The Balaban J connectivity index is -0.0000000476. The van der Waals surface area contributed by atoms with Gasteiger partial charge in [0.05, 0.1) is 0 Å². The predicted molar refractivity (Wildman–Crippen MR) is 78.8 cm³/mol. The van der Waals surface area contributed by atoms with E-state index in [-0.39, 0.29) is 192 Å². The van der Waals surface area contributed by atoms with E-state index in [9.17, 15) is 28.4 Å². The monoisotopic (exact) mass is 477 g/mol. The van der Waals surface area contributed by atoms with E-state index in [1.807, 2.05) is 0 Å². The van der Waals surface area contributed by atoms with Gasteiger partial charge in [0, 0.05) is 0 Å². The second kappa shape index (κ2) is 38.6. The smallest absolute Gasteiger partial charge is 0.677 e. The van der Waals surface area contributed by atoms with Gasteiger partial charge in [0.15, 0.2) is 0 Å². The molecule has 0 radical (unpaired) electrons. The van der Waals surface area contributed by atoms with Crippen LogP contribution < -0.4 is 169 Å². The van der Waals surface area contributed by atoms with E-state index in [0.717, 1.165) is 0 Å². The largest absolute Gasteiger partial charge is 1.00 e. The average molecular weight is 477 g/mol. The summed E-state index contributed by atoms with van der Waals surface area (Å²) in [6.07, 6.45) is 1.91. The molecule has 126 valence electrons. The first-order valence-corrected chi connectivity index (χ1v) is 10.2. The molecular formula is C9H21K3N3O6P3. The van der Waals surface area contributed by atoms with Crippen molar-refractivity contribution in [2.24, 2.45) is 0 Å². The van der Waals surface area contributed by atoms with Crippen molar-refractivity contribution in [3.63, 3.8) is 0 Å². The Labute approximate surface area is 274 Å². The van der Waals surface area contributed by atoms with Crippen molar-refractivity contribution in [1.82, 2.24) is 0 Å². The first-order valence-electron chi connectivity index (χ1n) is 6.10.